The van der Waals surface area contributed by atoms with E-state index in [9.17, 15) is 90.7 Å². The maximum Gasteiger partial charge on any atom is 0.164 e. The van der Waals surface area contributed by atoms with Gasteiger partial charge in [-0.15, -0.1) is 0 Å². The fraction of sp³-hybridized carbons (Fsp3) is 0.772. The molecule has 8 heterocycles. The first kappa shape index (κ1) is 110. The van der Waals surface area contributed by atoms with Crippen molar-refractivity contribution in [2.45, 2.75) is 490 Å². The quantitative estimate of drug-likeness (QED) is 0.0807. The second-order valence-electron chi connectivity index (χ2n) is 53.7. The average molecular weight is 2070 g/mol. The largest absolute Gasteiger partial charge is 0.487 e. The number of allylic oxidation sites excluding steroid dienone is 8. The fourth-order valence-electron chi connectivity index (χ4n) is 41.0. The van der Waals surface area contributed by atoms with Gasteiger partial charge in [-0.1, -0.05) is 110 Å². The van der Waals surface area contributed by atoms with Crippen molar-refractivity contribution in [1.82, 2.24) is 0 Å². The summed E-state index contributed by atoms with van der Waals surface area (Å²) in [6.45, 7) is 58.8. The Morgan fingerprint density at radius 3 is 0.718 bits per heavy atom. The van der Waals surface area contributed by atoms with E-state index in [2.05, 4.69) is 54.0 Å². The van der Waals surface area contributed by atoms with Crippen LogP contribution in [0.3, 0.4) is 0 Å². The Labute approximate surface area is 882 Å². The van der Waals surface area contributed by atoms with Crippen LogP contribution in [0.25, 0.3) is 0 Å². The van der Waals surface area contributed by atoms with Crippen molar-refractivity contribution < 1.29 is 129 Å². The normalized spacial score (nSPS) is 53.7. The molecule has 824 valence electrons. The van der Waals surface area contributed by atoms with E-state index in [-0.39, 0.29) is 140 Å². The predicted octanol–water partition coefficient (Wildman–Crippen LogP) is 15.6. The number of carbonyl (C=O) groups excluding carboxylic acids is 4. The van der Waals surface area contributed by atoms with E-state index < -0.39 is 170 Å². The summed E-state index contributed by atoms with van der Waals surface area (Å²) in [4.78, 5) is 53.9. The zero-order valence-corrected chi connectivity index (χ0v) is 92.0. The van der Waals surface area contributed by atoms with Gasteiger partial charge in [0.15, 0.2) is 23.1 Å². The highest BCUT2D eigenvalue weighted by atomic mass is 16.6. The highest BCUT2D eigenvalue weighted by Gasteiger charge is 2.91. The van der Waals surface area contributed by atoms with Crippen molar-refractivity contribution >= 4 is 23.1 Å². The van der Waals surface area contributed by atoms with Crippen molar-refractivity contribution in [3.05, 3.63) is 143 Å². The zero-order valence-electron chi connectivity index (χ0n) is 92.0. The fourth-order valence-corrected chi connectivity index (χ4v) is 41.0. The Hall–Kier alpha value is -5.96. The first-order valence-corrected chi connectivity index (χ1v) is 56.5. The molecule has 0 aromatic heterocycles. The molecule has 0 radical (unpaired) electrons. The number of ketones is 4. The summed E-state index contributed by atoms with van der Waals surface area (Å²) in [6.07, 6.45) is 21.6. The van der Waals surface area contributed by atoms with Crippen molar-refractivity contribution in [1.29, 1.82) is 0 Å². The summed E-state index contributed by atoms with van der Waals surface area (Å²) >= 11 is 0. The summed E-state index contributed by atoms with van der Waals surface area (Å²) < 4.78 is 49.7. The molecule has 14 N–H and O–H groups in total. The van der Waals surface area contributed by atoms with Gasteiger partial charge in [0.2, 0.25) is 0 Å². The van der Waals surface area contributed by atoms with Crippen molar-refractivity contribution in [2.24, 2.45) is 102 Å². The molecule has 26 nitrogen and oxygen atoms in total. The number of aliphatic hydroxyl groups is 14. The standard InChI is InChI=1S/2C31H44O6.2C30H42O7.CH4/c2*1-8-28-12-11-21-22(16-25-31(37-25)18(3)9-10-23(32)26(21,31)6)29(28,34)13-14-30(28,35)27(7,33)24-15-17(2)19(4)20(5)36-24;2*1-7-27-11-10-19-20(15-24-30(37-24)22(32)9-8-21(31)25(19,30)5)28(27,34)12-13-29(27,35)26(6,33)23-14-16(2)17(3)18(4)36-23;/h2*9-10,18,21-22,24-25,33-35H,5,8,11-16H2,1-4,6-7H3;2*8-9,19-20,22-24,32-35H,4,7,10-15H2,1-3,5-6H3;1H4/t18-,21+,22-,24-,25-,26+,27+,28+,29-,30-,31-;18-,21-,22+,24+,25+,26-,27-,28-,29+,30+,31+;19-,20+,22+,23+,24+,25-,26-,27-,28+,29+,30+;19-,20+,22-,23+,24+,25-,26-,27-,28+,29+,30+;/m1000./s1. The third-order valence-electron chi connectivity index (χ3n) is 50.8. The van der Waals surface area contributed by atoms with Gasteiger partial charge in [-0.25, -0.2) is 0 Å². The molecule has 24 aliphatic rings. The smallest absolute Gasteiger partial charge is 0.164 e. The molecule has 0 aromatic rings. The van der Waals surface area contributed by atoms with Gasteiger partial charge >= 0.3 is 0 Å². The Kier molecular flexibility index (Phi) is 24.8. The van der Waals surface area contributed by atoms with E-state index in [1.54, 1.807) is 52.0 Å². The molecule has 0 aromatic carbocycles. The van der Waals surface area contributed by atoms with E-state index >= 15 is 0 Å². The lowest BCUT2D eigenvalue weighted by Gasteiger charge is -2.64. The molecule has 0 bridgehead atoms. The third-order valence-corrected chi connectivity index (χ3v) is 50.8. The number of rotatable bonds is 12. The minimum atomic E-state index is -1.65. The molecular weight excluding hydrogens is 1890 g/mol. The van der Waals surface area contributed by atoms with Gasteiger partial charge in [-0.3, -0.25) is 19.2 Å². The lowest BCUT2D eigenvalue weighted by atomic mass is 9.41. The van der Waals surface area contributed by atoms with Crippen LogP contribution in [0, 0.1) is 102 Å². The molecule has 44 atom stereocenters. The van der Waals surface area contributed by atoms with Crippen molar-refractivity contribution in [3.8, 4) is 0 Å². The first-order chi connectivity index (χ1) is 68.7. The number of hydrogen-bond acceptors (Lipinski definition) is 26. The van der Waals surface area contributed by atoms with Gasteiger partial charge in [0.1, 0.15) is 127 Å². The van der Waals surface area contributed by atoms with Gasteiger partial charge < -0.3 is 109 Å². The maximum atomic E-state index is 13.5. The van der Waals surface area contributed by atoms with Crippen LogP contribution in [-0.2, 0) is 57.1 Å². The summed E-state index contributed by atoms with van der Waals surface area (Å²) in [5.74, 6) is 0.972. The summed E-state index contributed by atoms with van der Waals surface area (Å²) in [5.41, 5.74) is -19.6. The van der Waals surface area contributed by atoms with Crippen molar-refractivity contribution in [2.75, 3.05) is 0 Å². The molecule has 12 saturated carbocycles. The minimum Gasteiger partial charge on any atom is -0.487 e. The SMILES string of the molecule is C.C=C1O[C@@H]([C@](C)(O)[C@]2(O)CC[C@@]3(O)[C@@H]4C[C@H]5O[C@]56[C@@H](C)C=CC(=O)[C@]6(C)[C@H]4CC[C@]23CC)CC(C)=C1C.C=C1O[C@@H]([C@](C)(O)[C@]2(O)CC[C@@]3(O)[C@@H]4C[C@H]5O[C@]56[C@@H](O)C=CC(=O)[C@]6(C)[C@H]4CC[C@]23CC)CC(C)=C1C.C=C1O[C@@H]([C@](C)(O)[C@]2(O)CC[C@@]3(O)[C@@H]4C[C@H]5O[C@]56[C@H](C)C=CC(=O)[C@]6(C)[C@H]4CC[C@]23CC)CC(C)=C1C.C=C1O[C@@H]([C@](C)(O)[C@]2(O)CC[C@@]3(O)[C@@H]4C[C@H]5O[C@]56[C@H](O)C=CC(=O)[C@]6(C)[C@H]4CC[C@]23CC)CC(C)=C1C. The molecule has 26 heteroatoms. The summed E-state index contributed by atoms with van der Waals surface area (Å²) in [5, 5.41) is 172. The maximum absolute atomic E-state index is 13.5. The molecule has 16 aliphatic carbocycles. The van der Waals surface area contributed by atoms with Crippen LogP contribution in [0.1, 0.15) is 340 Å². The molecule has 149 heavy (non-hydrogen) atoms. The zero-order chi connectivity index (χ0) is 108. The van der Waals surface area contributed by atoms with Crippen LogP contribution in [0.4, 0.5) is 0 Å². The van der Waals surface area contributed by atoms with Crippen LogP contribution in [0.15, 0.2) is 143 Å². The number of aliphatic hydroxyl groups excluding tert-OH is 2. The van der Waals surface area contributed by atoms with Crippen LogP contribution >= 0.6 is 0 Å². The second kappa shape index (κ2) is 33.6. The number of hydrogen-bond donors (Lipinski definition) is 14. The molecule has 8 aliphatic heterocycles. The van der Waals surface area contributed by atoms with Crippen LogP contribution < -0.4 is 0 Å². The topological polar surface area (TPSA) is 439 Å². The second-order valence-corrected chi connectivity index (χ2v) is 53.7. The number of epoxide rings is 4. The molecule has 4 saturated heterocycles. The molecule has 24 rings (SSSR count). The van der Waals surface area contributed by atoms with E-state index in [0.29, 0.717) is 177 Å². The number of ether oxygens (including phenoxy) is 8. The molecule has 0 amide bonds. The van der Waals surface area contributed by atoms with Crippen LogP contribution in [0.2, 0.25) is 0 Å². The lowest BCUT2D eigenvalue weighted by molar-refractivity contribution is -0.289. The van der Waals surface area contributed by atoms with Gasteiger partial charge in [0.05, 0.1) is 68.5 Å². The van der Waals surface area contributed by atoms with E-state index in [1.165, 1.54) is 12.2 Å². The lowest BCUT2D eigenvalue weighted by Crippen LogP contribution is -2.74. The van der Waals surface area contributed by atoms with E-state index in [0.717, 1.165) is 44.6 Å². The molecule has 16 fully saturated rings. The predicted molar refractivity (Wildman–Crippen MR) is 558 cm³/mol. The number of carbonyl (C=O) groups is 4. The van der Waals surface area contributed by atoms with Gasteiger partial charge in [0.25, 0.3) is 0 Å². The Morgan fingerprint density at radius 2 is 0.510 bits per heavy atom. The first-order valence-electron chi connectivity index (χ1n) is 56.5. The molecule has 4 spiro atoms. The highest BCUT2D eigenvalue weighted by Crippen LogP contribution is 2.83. The molecule has 0 unspecified atom stereocenters. The van der Waals surface area contributed by atoms with E-state index in [4.69, 9.17) is 37.9 Å². The van der Waals surface area contributed by atoms with E-state index in [1.807, 2.05) is 109 Å². The average Bonchev–Trinajstić information content (AvgIpc) is 1.53. The van der Waals surface area contributed by atoms with Gasteiger partial charge in [0, 0.05) is 59.2 Å². The Bertz CT molecular complexity index is 5250. The van der Waals surface area contributed by atoms with Gasteiger partial charge in [-0.2, -0.15) is 0 Å². The van der Waals surface area contributed by atoms with Gasteiger partial charge in [-0.05, 0) is 371 Å². The van der Waals surface area contributed by atoms with Crippen LogP contribution in [0.5, 0.6) is 0 Å². The summed E-state index contributed by atoms with van der Waals surface area (Å²) in [6, 6.07) is 0. The molecular formula is C123H176O26. The Balaban J connectivity index is 0.000000120. The minimum absolute atomic E-state index is 0. The summed E-state index contributed by atoms with van der Waals surface area (Å²) in [7, 11) is 0. The highest BCUT2D eigenvalue weighted by molar-refractivity contribution is 6.00. The van der Waals surface area contributed by atoms with Crippen molar-refractivity contribution in [3.63, 3.8) is 0 Å². The third kappa shape index (κ3) is 12.4. The number of fused-ring (bicyclic) bond motifs is 16. The van der Waals surface area contributed by atoms with Crippen LogP contribution in [-0.4, -0.2) is 245 Å². The monoisotopic (exact) mass is 2070 g/mol. The Morgan fingerprint density at radius 1 is 0.315 bits per heavy atom.